The first-order chi connectivity index (χ1) is 7.58. The second-order valence-corrected chi connectivity index (χ2v) is 5.46. The Labute approximate surface area is 97.9 Å². The van der Waals surface area contributed by atoms with Gasteiger partial charge in [-0.3, -0.25) is 4.79 Å². The summed E-state index contributed by atoms with van der Waals surface area (Å²) in [5.41, 5.74) is 0. The molecule has 1 fully saturated rings. The molecule has 1 aromatic rings. The Morgan fingerprint density at radius 3 is 2.62 bits per heavy atom. The molecule has 2 unspecified atom stereocenters. The van der Waals surface area contributed by atoms with E-state index in [4.69, 9.17) is 0 Å². The van der Waals surface area contributed by atoms with Crippen molar-refractivity contribution in [3.63, 3.8) is 0 Å². The van der Waals surface area contributed by atoms with Crippen LogP contribution in [0.15, 0.2) is 29.2 Å². The predicted molar refractivity (Wildman–Crippen MR) is 61.0 cm³/mol. The van der Waals surface area contributed by atoms with Gasteiger partial charge in [0.15, 0.2) is 0 Å². The summed E-state index contributed by atoms with van der Waals surface area (Å²) in [6, 6.07) is 5.99. The van der Waals surface area contributed by atoms with Gasteiger partial charge < -0.3 is 5.11 Å². The van der Waals surface area contributed by atoms with Crippen LogP contribution in [0, 0.1) is 11.7 Å². The van der Waals surface area contributed by atoms with Crippen molar-refractivity contribution in [2.24, 2.45) is 5.92 Å². The topological polar surface area (TPSA) is 37.3 Å². The number of thioether (sulfide) groups is 1. The average Bonchev–Trinajstić information content (AvgIpc) is 2.97. The zero-order valence-corrected chi connectivity index (χ0v) is 9.76. The molecule has 0 aromatic heterocycles. The Hall–Kier alpha value is -1.03. The largest absolute Gasteiger partial charge is 0.480 e. The molecule has 0 bridgehead atoms. The summed E-state index contributed by atoms with van der Waals surface area (Å²) >= 11 is 1.34. The highest BCUT2D eigenvalue weighted by atomic mass is 32.2. The normalized spacial score (nSPS) is 27.8. The van der Waals surface area contributed by atoms with Gasteiger partial charge in [-0.05, 0) is 36.6 Å². The summed E-state index contributed by atoms with van der Waals surface area (Å²) in [4.78, 5) is 12.0. The lowest BCUT2D eigenvalue weighted by Crippen LogP contribution is -2.20. The molecule has 2 nitrogen and oxygen atoms in total. The maximum absolute atomic E-state index is 12.7. The maximum atomic E-state index is 12.7. The molecule has 1 aromatic carbocycles. The molecule has 1 aliphatic carbocycles. The predicted octanol–water partition coefficient (Wildman–Crippen LogP) is 3.17. The molecule has 0 spiro atoms. The molecule has 0 radical (unpaired) electrons. The van der Waals surface area contributed by atoms with Crippen LogP contribution in [0.5, 0.6) is 0 Å². The smallest absolute Gasteiger partial charge is 0.320 e. The zero-order chi connectivity index (χ0) is 11.8. The van der Waals surface area contributed by atoms with E-state index in [1.54, 1.807) is 12.1 Å². The molecular formula is C12H13FO2S. The van der Waals surface area contributed by atoms with Crippen LogP contribution < -0.4 is 0 Å². The highest BCUT2D eigenvalue weighted by molar-refractivity contribution is 8.01. The van der Waals surface area contributed by atoms with Crippen molar-refractivity contribution in [1.29, 1.82) is 0 Å². The molecule has 16 heavy (non-hydrogen) atoms. The second-order valence-electron chi connectivity index (χ2n) is 4.06. The first-order valence-electron chi connectivity index (χ1n) is 5.26. The van der Waals surface area contributed by atoms with Gasteiger partial charge in [-0.2, -0.15) is 0 Å². The van der Waals surface area contributed by atoms with Crippen molar-refractivity contribution < 1.29 is 14.3 Å². The molecule has 0 saturated heterocycles. The fourth-order valence-electron chi connectivity index (χ4n) is 1.92. The molecule has 2 atom stereocenters. The van der Waals surface area contributed by atoms with Gasteiger partial charge in [-0.15, -0.1) is 11.8 Å². The molecule has 0 aliphatic heterocycles. The molecule has 0 heterocycles. The van der Waals surface area contributed by atoms with Crippen molar-refractivity contribution in [3.05, 3.63) is 30.1 Å². The molecule has 1 aliphatic rings. The van der Waals surface area contributed by atoms with Crippen LogP contribution in [0.3, 0.4) is 0 Å². The van der Waals surface area contributed by atoms with Gasteiger partial charge in [0, 0.05) is 4.90 Å². The van der Waals surface area contributed by atoms with Gasteiger partial charge in [-0.1, -0.05) is 13.3 Å². The highest BCUT2D eigenvalue weighted by Gasteiger charge is 2.60. The van der Waals surface area contributed by atoms with Crippen LogP contribution in [0.1, 0.15) is 19.8 Å². The number of rotatable bonds is 4. The minimum atomic E-state index is -0.756. The fourth-order valence-corrected chi connectivity index (χ4v) is 3.32. The number of halogens is 1. The van der Waals surface area contributed by atoms with Crippen molar-refractivity contribution in [1.82, 2.24) is 0 Å². The lowest BCUT2D eigenvalue weighted by Gasteiger charge is -2.11. The van der Waals surface area contributed by atoms with Gasteiger partial charge in [0.1, 0.15) is 10.6 Å². The number of carbonyl (C=O) groups is 1. The van der Waals surface area contributed by atoms with E-state index >= 15 is 0 Å². The maximum Gasteiger partial charge on any atom is 0.320 e. The molecule has 0 amide bonds. The Balaban J connectivity index is 2.14. The summed E-state index contributed by atoms with van der Waals surface area (Å²) in [6.07, 6.45) is 1.58. The molecule has 1 N–H and O–H groups in total. The Morgan fingerprint density at radius 2 is 2.19 bits per heavy atom. The van der Waals surface area contributed by atoms with E-state index < -0.39 is 10.7 Å². The fraction of sp³-hybridized carbons (Fsp3) is 0.417. The van der Waals surface area contributed by atoms with Crippen LogP contribution in [0.25, 0.3) is 0 Å². The van der Waals surface area contributed by atoms with E-state index in [0.29, 0.717) is 6.42 Å². The quantitative estimate of drug-likeness (QED) is 0.878. The monoisotopic (exact) mass is 240 g/mol. The van der Waals surface area contributed by atoms with Gasteiger partial charge in [-0.25, -0.2) is 4.39 Å². The number of hydrogen-bond donors (Lipinski definition) is 1. The minimum absolute atomic E-state index is 0.236. The molecular weight excluding hydrogens is 227 g/mol. The number of hydrogen-bond acceptors (Lipinski definition) is 2. The van der Waals surface area contributed by atoms with Crippen LogP contribution in [0.4, 0.5) is 4.39 Å². The molecule has 1 saturated carbocycles. The van der Waals surface area contributed by atoms with E-state index in [0.717, 1.165) is 11.3 Å². The van der Waals surface area contributed by atoms with Crippen molar-refractivity contribution in [2.75, 3.05) is 0 Å². The third kappa shape index (κ3) is 1.94. The van der Waals surface area contributed by atoms with Gasteiger partial charge >= 0.3 is 5.97 Å². The summed E-state index contributed by atoms with van der Waals surface area (Å²) in [7, 11) is 0. The van der Waals surface area contributed by atoms with E-state index in [1.807, 2.05) is 6.92 Å². The number of benzene rings is 1. The SMILES string of the molecule is CCC1CC1(Sc1ccc(F)cc1)C(=O)O. The van der Waals surface area contributed by atoms with E-state index in [-0.39, 0.29) is 11.7 Å². The van der Waals surface area contributed by atoms with Crippen LogP contribution in [0.2, 0.25) is 0 Å². The standard InChI is InChI=1S/C12H13FO2S/c1-2-8-7-12(8,11(14)15)16-10-5-3-9(13)4-6-10/h3-6,8H,2,7H2,1H3,(H,14,15). The lowest BCUT2D eigenvalue weighted by atomic mass is 10.2. The Bertz CT molecular complexity index is 404. The van der Waals surface area contributed by atoms with E-state index in [1.165, 1.54) is 23.9 Å². The second kappa shape index (κ2) is 4.09. The third-order valence-electron chi connectivity index (χ3n) is 3.02. The third-order valence-corrected chi connectivity index (χ3v) is 4.56. The number of carboxylic acids is 1. The summed E-state index contributed by atoms with van der Waals surface area (Å²) in [5, 5.41) is 9.23. The van der Waals surface area contributed by atoms with E-state index in [9.17, 15) is 14.3 Å². The van der Waals surface area contributed by atoms with Crippen molar-refractivity contribution in [3.8, 4) is 0 Å². The summed E-state index contributed by atoms with van der Waals surface area (Å²) in [5.74, 6) is -0.815. The first-order valence-corrected chi connectivity index (χ1v) is 6.08. The van der Waals surface area contributed by atoms with Crippen LogP contribution in [-0.2, 0) is 4.79 Å². The molecule has 4 heteroatoms. The van der Waals surface area contributed by atoms with Gasteiger partial charge in [0.25, 0.3) is 0 Å². The lowest BCUT2D eigenvalue weighted by molar-refractivity contribution is -0.137. The number of carboxylic acid groups (broad SMARTS) is 1. The summed E-state index contributed by atoms with van der Waals surface area (Å²) in [6.45, 7) is 2.00. The Kier molecular flexibility index (Phi) is 2.93. The first kappa shape index (κ1) is 11.5. The summed E-state index contributed by atoms with van der Waals surface area (Å²) < 4.78 is 12.0. The zero-order valence-electron chi connectivity index (χ0n) is 8.94. The van der Waals surface area contributed by atoms with Gasteiger partial charge in [0.05, 0.1) is 0 Å². The average molecular weight is 240 g/mol. The molecule has 2 rings (SSSR count). The van der Waals surface area contributed by atoms with E-state index in [2.05, 4.69) is 0 Å². The van der Waals surface area contributed by atoms with Crippen molar-refractivity contribution >= 4 is 17.7 Å². The van der Waals surface area contributed by atoms with Crippen LogP contribution >= 0.6 is 11.8 Å². The molecule has 86 valence electrons. The Morgan fingerprint density at radius 1 is 1.56 bits per heavy atom. The highest BCUT2D eigenvalue weighted by Crippen LogP contribution is 2.58. The van der Waals surface area contributed by atoms with Crippen LogP contribution in [-0.4, -0.2) is 15.8 Å². The number of aliphatic carboxylic acids is 1. The minimum Gasteiger partial charge on any atom is -0.480 e. The van der Waals surface area contributed by atoms with Crippen molar-refractivity contribution in [2.45, 2.75) is 29.4 Å². The van der Waals surface area contributed by atoms with Gasteiger partial charge in [0.2, 0.25) is 0 Å².